The minimum absolute atomic E-state index is 0.00902. The maximum absolute atomic E-state index is 12.9. The number of methoxy groups -OCH3 is 2. The quantitative estimate of drug-likeness (QED) is 0.700. The Morgan fingerprint density at radius 3 is 2.63 bits per heavy atom. The molecule has 30 heavy (non-hydrogen) atoms. The van der Waals surface area contributed by atoms with Crippen molar-refractivity contribution in [2.45, 2.75) is 44.6 Å². The third-order valence-corrected chi connectivity index (χ3v) is 6.44. The number of aliphatic hydroxyl groups excluding tert-OH is 1. The first-order valence-electron chi connectivity index (χ1n) is 10.8. The molecule has 3 atom stereocenters. The maximum Gasteiger partial charge on any atom is 0.227 e. The van der Waals surface area contributed by atoms with Crippen molar-refractivity contribution >= 4 is 11.8 Å². The van der Waals surface area contributed by atoms with Gasteiger partial charge in [-0.1, -0.05) is 18.9 Å². The van der Waals surface area contributed by atoms with Gasteiger partial charge in [0.05, 0.1) is 26.2 Å². The van der Waals surface area contributed by atoms with Crippen molar-refractivity contribution in [3.05, 3.63) is 23.8 Å². The van der Waals surface area contributed by atoms with Crippen molar-refractivity contribution in [2.24, 2.45) is 11.8 Å². The molecule has 1 saturated carbocycles. The molecule has 7 heteroatoms. The summed E-state index contributed by atoms with van der Waals surface area (Å²) in [5.41, 5.74) is 1.05. The summed E-state index contributed by atoms with van der Waals surface area (Å²) in [5.74, 6) is 1.23. The van der Waals surface area contributed by atoms with Gasteiger partial charge in [0.25, 0.3) is 0 Å². The topological polar surface area (TPSA) is 79.3 Å². The van der Waals surface area contributed by atoms with Crippen LogP contribution in [0.25, 0.3) is 0 Å². The highest BCUT2D eigenvalue weighted by atomic mass is 16.5. The number of amides is 2. The molecule has 3 rings (SSSR count). The van der Waals surface area contributed by atoms with Gasteiger partial charge in [0.15, 0.2) is 11.5 Å². The summed E-state index contributed by atoms with van der Waals surface area (Å²) in [6, 6.07) is 5.75. The predicted molar refractivity (Wildman–Crippen MR) is 114 cm³/mol. The third-order valence-electron chi connectivity index (χ3n) is 6.44. The lowest BCUT2D eigenvalue weighted by Gasteiger charge is -2.32. The number of benzene rings is 1. The molecule has 1 N–H and O–H groups in total. The molecule has 1 aliphatic carbocycles. The lowest BCUT2D eigenvalue weighted by atomic mass is 9.86. The van der Waals surface area contributed by atoms with Crippen molar-refractivity contribution in [3.8, 4) is 11.5 Å². The van der Waals surface area contributed by atoms with Crippen molar-refractivity contribution in [1.29, 1.82) is 0 Å². The molecule has 1 aromatic rings. The van der Waals surface area contributed by atoms with Crippen LogP contribution in [0.2, 0.25) is 0 Å². The molecule has 2 aliphatic rings. The largest absolute Gasteiger partial charge is 0.493 e. The van der Waals surface area contributed by atoms with Gasteiger partial charge >= 0.3 is 0 Å². The summed E-state index contributed by atoms with van der Waals surface area (Å²) in [5, 5.41) is 10.2. The minimum atomic E-state index is -0.322. The fourth-order valence-corrected chi connectivity index (χ4v) is 4.61. The van der Waals surface area contributed by atoms with E-state index in [1.54, 1.807) is 31.1 Å². The fourth-order valence-electron chi connectivity index (χ4n) is 4.61. The number of ether oxygens (including phenoxy) is 2. The summed E-state index contributed by atoms with van der Waals surface area (Å²) in [7, 11) is 4.99. The normalized spacial score (nSPS) is 24.1. The predicted octanol–water partition coefficient (Wildman–Crippen LogP) is 2.10. The zero-order valence-corrected chi connectivity index (χ0v) is 18.3. The number of carbonyl (C=O) groups excluding carboxylic acids is 2. The summed E-state index contributed by atoms with van der Waals surface area (Å²) in [6.45, 7) is 1.60. The third kappa shape index (κ3) is 5.25. The summed E-state index contributed by atoms with van der Waals surface area (Å²) < 4.78 is 10.6. The van der Waals surface area contributed by atoms with Crippen LogP contribution >= 0.6 is 0 Å². The van der Waals surface area contributed by atoms with Gasteiger partial charge in [0.2, 0.25) is 11.8 Å². The monoisotopic (exact) mass is 418 g/mol. The smallest absolute Gasteiger partial charge is 0.227 e. The van der Waals surface area contributed by atoms with E-state index in [9.17, 15) is 14.7 Å². The van der Waals surface area contributed by atoms with E-state index in [1.807, 2.05) is 18.2 Å². The highest BCUT2D eigenvalue weighted by molar-refractivity contribution is 5.89. The molecule has 2 amide bonds. The van der Waals surface area contributed by atoms with E-state index in [1.165, 1.54) is 0 Å². The number of rotatable bonds is 8. The Morgan fingerprint density at radius 2 is 1.93 bits per heavy atom. The van der Waals surface area contributed by atoms with E-state index in [0.29, 0.717) is 37.6 Å². The van der Waals surface area contributed by atoms with Gasteiger partial charge in [-0.2, -0.15) is 0 Å². The Morgan fingerprint density at radius 1 is 1.20 bits per heavy atom. The average molecular weight is 419 g/mol. The maximum atomic E-state index is 12.9. The highest BCUT2D eigenvalue weighted by Crippen LogP contribution is 2.29. The van der Waals surface area contributed by atoms with E-state index in [-0.39, 0.29) is 36.2 Å². The number of aliphatic hydroxyl groups is 1. The molecule has 1 aromatic carbocycles. The first-order valence-corrected chi connectivity index (χ1v) is 10.8. The van der Waals surface area contributed by atoms with Gasteiger partial charge in [0, 0.05) is 39.0 Å². The molecule has 1 saturated heterocycles. The second kappa shape index (κ2) is 10.2. The van der Waals surface area contributed by atoms with Crippen molar-refractivity contribution in [3.63, 3.8) is 0 Å². The van der Waals surface area contributed by atoms with E-state index >= 15 is 0 Å². The van der Waals surface area contributed by atoms with Crippen molar-refractivity contribution in [2.75, 3.05) is 40.9 Å². The molecule has 7 nitrogen and oxygen atoms in total. The standard InChI is InChI=1S/C23H34N2O5/c1-24(14-17-6-4-5-7-19(17)26)23(28)18-13-22(27)25(15-18)11-10-16-8-9-20(29-2)21(12-16)30-3/h8-9,12,17-19,26H,4-7,10-11,13-15H2,1-3H3/t17-,18+,19+/m0/s1. The van der Waals surface area contributed by atoms with Crippen LogP contribution in [0.4, 0.5) is 0 Å². The number of nitrogens with zero attached hydrogens (tertiary/aromatic N) is 2. The molecule has 0 radical (unpaired) electrons. The van der Waals surface area contributed by atoms with E-state index in [2.05, 4.69) is 0 Å². The van der Waals surface area contributed by atoms with Crippen LogP contribution in [0.5, 0.6) is 11.5 Å². The van der Waals surface area contributed by atoms with Crippen LogP contribution in [0.3, 0.4) is 0 Å². The van der Waals surface area contributed by atoms with Crippen LogP contribution in [0, 0.1) is 11.8 Å². The fraction of sp³-hybridized carbons (Fsp3) is 0.652. The van der Waals surface area contributed by atoms with Gasteiger partial charge in [-0.15, -0.1) is 0 Å². The van der Waals surface area contributed by atoms with Crippen molar-refractivity contribution in [1.82, 2.24) is 9.80 Å². The number of hydrogen-bond donors (Lipinski definition) is 1. The van der Waals surface area contributed by atoms with Crippen LogP contribution < -0.4 is 9.47 Å². The average Bonchev–Trinajstić information content (AvgIpc) is 3.13. The lowest BCUT2D eigenvalue weighted by Crippen LogP contribution is -2.41. The molecular formula is C23H34N2O5. The summed E-state index contributed by atoms with van der Waals surface area (Å²) in [6.07, 6.45) is 4.58. The van der Waals surface area contributed by atoms with Gasteiger partial charge in [-0.3, -0.25) is 9.59 Å². The van der Waals surface area contributed by atoms with Crippen molar-refractivity contribution < 1.29 is 24.2 Å². The molecule has 1 aliphatic heterocycles. The van der Waals surface area contributed by atoms with Gasteiger partial charge in [-0.05, 0) is 37.0 Å². The number of carbonyl (C=O) groups is 2. The minimum Gasteiger partial charge on any atom is -0.493 e. The Bertz CT molecular complexity index is 753. The molecule has 2 fully saturated rings. The Hall–Kier alpha value is -2.28. The molecule has 0 unspecified atom stereocenters. The number of likely N-dealkylation sites (tertiary alicyclic amines) is 1. The first kappa shape index (κ1) is 22.4. The Balaban J connectivity index is 1.52. The highest BCUT2D eigenvalue weighted by Gasteiger charge is 2.36. The second-order valence-corrected chi connectivity index (χ2v) is 8.51. The van der Waals surface area contributed by atoms with Crippen LogP contribution in [0.15, 0.2) is 18.2 Å². The molecule has 0 aromatic heterocycles. The first-order chi connectivity index (χ1) is 14.4. The lowest BCUT2D eigenvalue weighted by molar-refractivity contribution is -0.135. The molecule has 1 heterocycles. The molecule has 0 bridgehead atoms. The van der Waals surface area contributed by atoms with E-state index < -0.39 is 0 Å². The van der Waals surface area contributed by atoms with Crippen LogP contribution in [0.1, 0.15) is 37.7 Å². The zero-order valence-electron chi connectivity index (χ0n) is 18.3. The molecule has 166 valence electrons. The summed E-state index contributed by atoms with van der Waals surface area (Å²) >= 11 is 0. The van der Waals surface area contributed by atoms with Gasteiger partial charge in [-0.25, -0.2) is 0 Å². The van der Waals surface area contributed by atoms with Crippen LogP contribution in [-0.2, 0) is 16.0 Å². The van der Waals surface area contributed by atoms with Gasteiger partial charge < -0.3 is 24.4 Å². The Labute approximate surface area is 178 Å². The van der Waals surface area contributed by atoms with Crippen LogP contribution in [-0.4, -0.2) is 73.7 Å². The van der Waals surface area contributed by atoms with E-state index in [0.717, 1.165) is 31.2 Å². The SMILES string of the molecule is COc1ccc(CCN2C[C@H](C(=O)N(C)C[C@@H]3CCCC[C@H]3O)CC2=O)cc1OC. The number of hydrogen-bond acceptors (Lipinski definition) is 5. The molecular weight excluding hydrogens is 384 g/mol. The summed E-state index contributed by atoms with van der Waals surface area (Å²) in [4.78, 5) is 28.8. The molecule has 0 spiro atoms. The zero-order chi connectivity index (χ0) is 21.7. The Kier molecular flexibility index (Phi) is 7.58. The van der Waals surface area contributed by atoms with E-state index in [4.69, 9.17) is 9.47 Å². The van der Waals surface area contributed by atoms with Gasteiger partial charge in [0.1, 0.15) is 0 Å². The second-order valence-electron chi connectivity index (χ2n) is 8.51.